The lowest BCUT2D eigenvalue weighted by molar-refractivity contribution is 0.410. The van der Waals surface area contributed by atoms with Gasteiger partial charge in [0.1, 0.15) is 5.75 Å². The molecule has 0 unspecified atom stereocenters. The standard InChI is InChI=1S/C15H16N2OS/c1-3-12-14(8-9-16)19-15(17-12)10-11-6-4-5-7-13(11)18-2/h4-7H,3,8,10H2,1-2H3. The van der Waals surface area contributed by atoms with Gasteiger partial charge in [-0.2, -0.15) is 5.26 Å². The maximum absolute atomic E-state index is 8.83. The Morgan fingerprint density at radius 1 is 1.37 bits per heavy atom. The molecular weight excluding hydrogens is 256 g/mol. The summed E-state index contributed by atoms with van der Waals surface area (Å²) in [6.07, 6.45) is 2.08. The van der Waals surface area contributed by atoms with Crippen molar-refractivity contribution in [3.8, 4) is 11.8 Å². The maximum Gasteiger partial charge on any atom is 0.122 e. The maximum atomic E-state index is 8.83. The molecule has 0 N–H and O–H groups in total. The van der Waals surface area contributed by atoms with Gasteiger partial charge in [0.2, 0.25) is 0 Å². The van der Waals surface area contributed by atoms with Crippen molar-refractivity contribution in [3.05, 3.63) is 45.4 Å². The van der Waals surface area contributed by atoms with Gasteiger partial charge in [-0.25, -0.2) is 4.98 Å². The predicted molar refractivity (Wildman–Crippen MR) is 76.6 cm³/mol. The summed E-state index contributed by atoms with van der Waals surface area (Å²) in [5.41, 5.74) is 2.18. The Morgan fingerprint density at radius 3 is 2.84 bits per heavy atom. The van der Waals surface area contributed by atoms with Crippen LogP contribution in [0.1, 0.15) is 28.1 Å². The second kappa shape index (κ2) is 6.35. The molecule has 0 saturated heterocycles. The number of hydrogen-bond acceptors (Lipinski definition) is 4. The van der Waals surface area contributed by atoms with Gasteiger partial charge in [0.25, 0.3) is 0 Å². The van der Waals surface area contributed by atoms with E-state index in [0.29, 0.717) is 6.42 Å². The third kappa shape index (κ3) is 3.12. The summed E-state index contributed by atoms with van der Waals surface area (Å²) >= 11 is 1.63. The Bertz CT molecular complexity index is 598. The van der Waals surface area contributed by atoms with Crippen molar-refractivity contribution in [2.75, 3.05) is 7.11 Å². The topological polar surface area (TPSA) is 45.9 Å². The molecule has 0 amide bonds. The fraction of sp³-hybridized carbons (Fsp3) is 0.333. The van der Waals surface area contributed by atoms with E-state index in [0.717, 1.165) is 39.7 Å². The molecule has 0 bridgehead atoms. The normalized spacial score (nSPS) is 10.2. The molecule has 1 heterocycles. The molecule has 98 valence electrons. The zero-order valence-electron chi connectivity index (χ0n) is 11.1. The van der Waals surface area contributed by atoms with Gasteiger partial charge in [-0.15, -0.1) is 11.3 Å². The molecule has 0 aliphatic carbocycles. The first kappa shape index (κ1) is 13.6. The molecule has 0 saturated carbocycles. The third-order valence-electron chi connectivity index (χ3n) is 2.93. The first-order valence-electron chi connectivity index (χ1n) is 6.24. The number of aryl methyl sites for hydroxylation is 1. The van der Waals surface area contributed by atoms with Gasteiger partial charge in [-0.1, -0.05) is 25.1 Å². The molecule has 0 aliphatic heterocycles. The number of nitrogens with zero attached hydrogens (tertiary/aromatic N) is 2. The number of nitriles is 1. The number of para-hydroxylation sites is 1. The van der Waals surface area contributed by atoms with Crippen LogP contribution in [0.25, 0.3) is 0 Å². The van der Waals surface area contributed by atoms with Crippen LogP contribution >= 0.6 is 11.3 Å². The molecule has 0 aliphatic rings. The SMILES string of the molecule is CCc1nc(Cc2ccccc2OC)sc1CC#N. The van der Waals surface area contributed by atoms with Crippen LogP contribution in [-0.4, -0.2) is 12.1 Å². The molecule has 0 radical (unpaired) electrons. The fourth-order valence-corrected chi connectivity index (χ4v) is 3.12. The third-order valence-corrected chi connectivity index (χ3v) is 4.03. The van der Waals surface area contributed by atoms with Crippen molar-refractivity contribution in [1.29, 1.82) is 5.26 Å². The first-order valence-corrected chi connectivity index (χ1v) is 7.06. The summed E-state index contributed by atoms with van der Waals surface area (Å²) in [5, 5.41) is 9.88. The highest BCUT2D eigenvalue weighted by Crippen LogP contribution is 2.26. The second-order valence-electron chi connectivity index (χ2n) is 4.15. The molecule has 2 aromatic rings. The second-order valence-corrected chi connectivity index (χ2v) is 5.32. The summed E-state index contributed by atoms with van der Waals surface area (Å²) in [6, 6.07) is 10.2. The lowest BCUT2D eigenvalue weighted by atomic mass is 10.1. The van der Waals surface area contributed by atoms with Crippen molar-refractivity contribution < 1.29 is 4.74 Å². The molecule has 3 nitrogen and oxygen atoms in total. The van der Waals surface area contributed by atoms with Crippen LogP contribution < -0.4 is 4.74 Å². The van der Waals surface area contributed by atoms with Crippen LogP contribution in [0.2, 0.25) is 0 Å². The Balaban J connectivity index is 2.26. The molecule has 1 aromatic heterocycles. The number of benzene rings is 1. The molecule has 4 heteroatoms. The van der Waals surface area contributed by atoms with Gasteiger partial charge >= 0.3 is 0 Å². The van der Waals surface area contributed by atoms with Crippen LogP contribution in [0, 0.1) is 11.3 Å². The van der Waals surface area contributed by atoms with Crippen LogP contribution in [-0.2, 0) is 19.3 Å². The van der Waals surface area contributed by atoms with Gasteiger partial charge in [0.15, 0.2) is 0 Å². The van der Waals surface area contributed by atoms with E-state index in [2.05, 4.69) is 24.0 Å². The first-order chi connectivity index (χ1) is 9.28. The lowest BCUT2D eigenvalue weighted by Crippen LogP contribution is -1.93. The van der Waals surface area contributed by atoms with Gasteiger partial charge in [-0.05, 0) is 12.5 Å². The number of hydrogen-bond donors (Lipinski definition) is 0. The summed E-state index contributed by atoms with van der Waals surface area (Å²) in [7, 11) is 1.68. The number of thiazole rings is 1. The van der Waals surface area contributed by atoms with E-state index >= 15 is 0 Å². The number of methoxy groups -OCH3 is 1. The van der Waals surface area contributed by atoms with Crippen molar-refractivity contribution in [3.63, 3.8) is 0 Å². The van der Waals surface area contributed by atoms with Crippen molar-refractivity contribution >= 4 is 11.3 Å². The Kier molecular flexibility index (Phi) is 4.53. The van der Waals surface area contributed by atoms with Gasteiger partial charge in [0.05, 0.1) is 30.3 Å². The zero-order chi connectivity index (χ0) is 13.7. The fourth-order valence-electron chi connectivity index (χ4n) is 2.01. The minimum Gasteiger partial charge on any atom is -0.496 e. The average Bonchev–Trinajstić information content (AvgIpc) is 2.82. The number of rotatable bonds is 5. The predicted octanol–water partition coefficient (Wildman–Crippen LogP) is 3.37. The highest BCUT2D eigenvalue weighted by atomic mass is 32.1. The highest BCUT2D eigenvalue weighted by molar-refractivity contribution is 7.11. The molecule has 0 atom stereocenters. The monoisotopic (exact) mass is 272 g/mol. The van der Waals surface area contributed by atoms with Crippen molar-refractivity contribution in [1.82, 2.24) is 4.98 Å². The minimum absolute atomic E-state index is 0.451. The molecule has 2 rings (SSSR count). The van der Waals surface area contributed by atoms with E-state index in [1.807, 2.05) is 18.2 Å². The van der Waals surface area contributed by atoms with E-state index < -0.39 is 0 Å². The zero-order valence-corrected chi connectivity index (χ0v) is 12.0. The van der Waals surface area contributed by atoms with Crippen LogP contribution in [0.4, 0.5) is 0 Å². The van der Waals surface area contributed by atoms with E-state index in [4.69, 9.17) is 10.00 Å². The Morgan fingerprint density at radius 2 is 2.16 bits per heavy atom. The van der Waals surface area contributed by atoms with Crippen molar-refractivity contribution in [2.24, 2.45) is 0 Å². The average molecular weight is 272 g/mol. The van der Waals surface area contributed by atoms with Crippen LogP contribution in [0.5, 0.6) is 5.75 Å². The quantitative estimate of drug-likeness (QED) is 0.838. The van der Waals surface area contributed by atoms with Gasteiger partial charge in [0, 0.05) is 16.9 Å². The molecule has 0 fully saturated rings. The van der Waals surface area contributed by atoms with E-state index in [-0.39, 0.29) is 0 Å². The molecular formula is C15H16N2OS. The van der Waals surface area contributed by atoms with E-state index in [9.17, 15) is 0 Å². The number of aromatic nitrogens is 1. The largest absolute Gasteiger partial charge is 0.496 e. The summed E-state index contributed by atoms with van der Waals surface area (Å²) < 4.78 is 5.35. The summed E-state index contributed by atoms with van der Waals surface area (Å²) in [6.45, 7) is 2.07. The highest BCUT2D eigenvalue weighted by Gasteiger charge is 2.11. The smallest absolute Gasteiger partial charge is 0.122 e. The summed E-state index contributed by atoms with van der Waals surface area (Å²) in [4.78, 5) is 5.72. The molecule has 19 heavy (non-hydrogen) atoms. The summed E-state index contributed by atoms with van der Waals surface area (Å²) in [5.74, 6) is 0.887. The van der Waals surface area contributed by atoms with Gasteiger partial charge in [-0.3, -0.25) is 0 Å². The van der Waals surface area contributed by atoms with Gasteiger partial charge < -0.3 is 4.74 Å². The van der Waals surface area contributed by atoms with Crippen LogP contribution in [0.15, 0.2) is 24.3 Å². The van der Waals surface area contributed by atoms with Crippen molar-refractivity contribution in [2.45, 2.75) is 26.2 Å². The van der Waals surface area contributed by atoms with E-state index in [1.54, 1.807) is 18.4 Å². The molecule has 1 aromatic carbocycles. The minimum atomic E-state index is 0.451. The Labute approximate surface area is 117 Å². The lowest BCUT2D eigenvalue weighted by Gasteiger charge is -2.05. The number of ether oxygens (including phenoxy) is 1. The van der Waals surface area contributed by atoms with E-state index in [1.165, 1.54) is 0 Å². The molecule has 0 spiro atoms. The van der Waals surface area contributed by atoms with Crippen LogP contribution in [0.3, 0.4) is 0 Å². The Hall–Kier alpha value is -1.86.